The molecule has 4 atom stereocenters. The first-order chi connectivity index (χ1) is 29.1. The molecule has 322 valence electrons. The number of H-pyrrole nitrogens is 1. The van der Waals surface area contributed by atoms with Crippen molar-refractivity contribution in [3.05, 3.63) is 83.8 Å². The summed E-state index contributed by atoms with van der Waals surface area (Å²) in [6.45, 7) is 8.13. The number of carbonyl (C=O) groups is 5. The van der Waals surface area contributed by atoms with Crippen LogP contribution in [0.3, 0.4) is 0 Å². The van der Waals surface area contributed by atoms with Gasteiger partial charge in [0.25, 0.3) is 5.92 Å². The second kappa shape index (κ2) is 17.3. The number of aromatic nitrogens is 2. The van der Waals surface area contributed by atoms with Crippen molar-refractivity contribution in [1.29, 1.82) is 0 Å². The van der Waals surface area contributed by atoms with Gasteiger partial charge in [-0.25, -0.2) is 14.6 Å². The summed E-state index contributed by atoms with van der Waals surface area (Å²) in [5, 5.41) is 7.97. The molecule has 5 amide bonds. The van der Waals surface area contributed by atoms with Crippen molar-refractivity contribution in [3.63, 3.8) is 0 Å². The standard InChI is InChI=1S/C45H51F2N7O7/c1-24(2)37(51-43(58)60-5)41(56)53-19-7-9-35(53)39-48-23-34(50-39)27-13-11-26(12-14-27)28-15-17-30-31-18-16-29(22-33(31)45(46,47)32(30)21-28)49-40(55)36-10-8-20-54(36)42(57)38(25(3)4)52-44(59)61-6/h11-18,21-25,35-38H,7-10,19-20H2,1-6H3,(H,48,50)(H,49,55)(H,51,58)(H,52,59)/t35-,36-,37-,38-/m0/s1. The van der Waals surface area contributed by atoms with E-state index in [1.54, 1.807) is 49.2 Å². The molecule has 2 saturated heterocycles. The van der Waals surface area contributed by atoms with Gasteiger partial charge >= 0.3 is 12.2 Å². The maximum absolute atomic E-state index is 16.3. The van der Waals surface area contributed by atoms with Crippen molar-refractivity contribution >= 4 is 35.6 Å². The van der Waals surface area contributed by atoms with Crippen LogP contribution in [0.4, 0.5) is 24.1 Å². The van der Waals surface area contributed by atoms with Crippen LogP contribution in [0.2, 0.25) is 0 Å². The lowest BCUT2D eigenvalue weighted by Crippen LogP contribution is -2.54. The summed E-state index contributed by atoms with van der Waals surface area (Å²) >= 11 is 0. The third-order valence-corrected chi connectivity index (χ3v) is 11.9. The SMILES string of the molecule is COC(=O)N[C@H](C(=O)N1CCC[C@H]1C(=O)Nc1ccc2c(c1)C(F)(F)c1cc(-c3ccc(-c4cnc([C@@H]5CCCN5C(=O)[C@@H](NC(=O)OC)C(C)C)[nH]4)cc3)ccc1-2)C(C)C. The normalized spacial score (nSPS) is 18.7. The minimum Gasteiger partial charge on any atom is -0.453 e. The topological polar surface area (TPSA) is 175 Å². The number of ether oxygens (including phenoxy) is 2. The van der Waals surface area contributed by atoms with Crippen LogP contribution in [-0.2, 0) is 29.8 Å². The molecule has 4 aromatic rings. The van der Waals surface area contributed by atoms with E-state index in [0.717, 1.165) is 23.2 Å². The minimum atomic E-state index is -3.35. The van der Waals surface area contributed by atoms with Crippen molar-refractivity contribution in [2.24, 2.45) is 11.8 Å². The van der Waals surface area contributed by atoms with Gasteiger partial charge in [0.2, 0.25) is 17.7 Å². The number of hydrogen-bond acceptors (Lipinski definition) is 8. The Kier molecular flexibility index (Phi) is 12.2. The third-order valence-electron chi connectivity index (χ3n) is 11.9. The van der Waals surface area contributed by atoms with Crippen LogP contribution in [0.1, 0.15) is 76.4 Å². The summed E-state index contributed by atoms with van der Waals surface area (Å²) in [6.07, 6.45) is 2.74. The number of amides is 5. The highest BCUT2D eigenvalue weighted by Crippen LogP contribution is 2.52. The van der Waals surface area contributed by atoms with Crippen molar-refractivity contribution in [2.45, 2.75) is 83.5 Å². The summed E-state index contributed by atoms with van der Waals surface area (Å²) < 4.78 is 42.0. The van der Waals surface area contributed by atoms with E-state index < -0.39 is 48.0 Å². The first-order valence-electron chi connectivity index (χ1n) is 20.6. The number of nitrogens with zero attached hydrogens (tertiary/aromatic N) is 3. The number of benzene rings is 3. The Morgan fingerprint density at radius 2 is 1.28 bits per heavy atom. The molecule has 16 heteroatoms. The fraction of sp³-hybridized carbons (Fsp3) is 0.422. The molecule has 3 aliphatic rings. The minimum absolute atomic E-state index is 0.145. The molecule has 2 aliphatic heterocycles. The number of anilines is 1. The Bertz CT molecular complexity index is 2330. The third kappa shape index (κ3) is 8.40. The predicted molar refractivity (Wildman–Crippen MR) is 223 cm³/mol. The van der Waals surface area contributed by atoms with Gasteiger partial charge in [-0.05, 0) is 83.5 Å². The molecule has 0 saturated carbocycles. The van der Waals surface area contributed by atoms with E-state index in [4.69, 9.17) is 4.74 Å². The monoisotopic (exact) mass is 839 g/mol. The van der Waals surface area contributed by atoms with Crippen LogP contribution in [0.25, 0.3) is 33.5 Å². The smallest absolute Gasteiger partial charge is 0.407 e. The van der Waals surface area contributed by atoms with Gasteiger partial charge in [0, 0.05) is 29.9 Å². The molecule has 3 aromatic carbocycles. The lowest BCUT2D eigenvalue weighted by Gasteiger charge is -2.30. The number of alkyl halides is 2. The molecule has 2 fully saturated rings. The van der Waals surface area contributed by atoms with Gasteiger partial charge in [-0.3, -0.25) is 14.4 Å². The Morgan fingerprint density at radius 1 is 0.738 bits per heavy atom. The summed E-state index contributed by atoms with van der Waals surface area (Å²) in [5.41, 5.74) is 3.45. The predicted octanol–water partition coefficient (Wildman–Crippen LogP) is 7.22. The number of imidazole rings is 1. The summed E-state index contributed by atoms with van der Waals surface area (Å²) in [5.74, 6) is -4.26. The molecule has 0 bridgehead atoms. The van der Waals surface area contributed by atoms with E-state index in [1.807, 2.05) is 38.1 Å². The van der Waals surface area contributed by atoms with Crippen LogP contribution in [0.15, 0.2) is 66.9 Å². The Labute approximate surface area is 352 Å². The Hall–Kier alpha value is -6.32. The number of alkyl carbamates (subject to hydrolysis) is 2. The van der Waals surface area contributed by atoms with E-state index in [0.29, 0.717) is 54.9 Å². The molecule has 7 rings (SSSR count). The van der Waals surface area contributed by atoms with Gasteiger partial charge in [0.1, 0.15) is 23.9 Å². The van der Waals surface area contributed by atoms with Gasteiger partial charge < -0.3 is 40.2 Å². The van der Waals surface area contributed by atoms with Gasteiger partial charge in [-0.15, -0.1) is 0 Å². The zero-order valence-corrected chi connectivity index (χ0v) is 35.0. The lowest BCUT2D eigenvalue weighted by atomic mass is 9.97. The zero-order valence-electron chi connectivity index (χ0n) is 35.0. The fourth-order valence-electron chi connectivity index (χ4n) is 8.57. The molecule has 0 radical (unpaired) electrons. The van der Waals surface area contributed by atoms with Gasteiger partial charge in [0.15, 0.2) is 0 Å². The first kappa shape index (κ1) is 42.8. The number of hydrogen-bond donors (Lipinski definition) is 4. The molecule has 1 aromatic heterocycles. The maximum Gasteiger partial charge on any atom is 0.407 e. The molecular formula is C45H51F2N7O7. The Morgan fingerprint density at radius 3 is 1.90 bits per heavy atom. The van der Waals surface area contributed by atoms with Crippen LogP contribution in [0.5, 0.6) is 0 Å². The van der Waals surface area contributed by atoms with Crippen LogP contribution >= 0.6 is 0 Å². The van der Waals surface area contributed by atoms with E-state index in [2.05, 4.69) is 30.7 Å². The highest BCUT2D eigenvalue weighted by Gasteiger charge is 2.45. The van der Waals surface area contributed by atoms with Crippen LogP contribution in [-0.4, -0.2) is 95.1 Å². The van der Waals surface area contributed by atoms with E-state index in [9.17, 15) is 24.0 Å². The number of halogens is 2. The van der Waals surface area contributed by atoms with Crippen molar-refractivity contribution < 1.29 is 42.2 Å². The molecular weight excluding hydrogens is 789 g/mol. The fourth-order valence-corrected chi connectivity index (χ4v) is 8.57. The van der Waals surface area contributed by atoms with Gasteiger partial charge in [-0.1, -0.05) is 70.2 Å². The number of fused-ring (bicyclic) bond motifs is 3. The van der Waals surface area contributed by atoms with E-state index in [1.165, 1.54) is 31.3 Å². The van der Waals surface area contributed by atoms with E-state index in [-0.39, 0.29) is 40.6 Å². The van der Waals surface area contributed by atoms with Gasteiger partial charge in [0.05, 0.1) is 32.2 Å². The number of aromatic amines is 1. The number of carbonyl (C=O) groups excluding carboxylic acids is 5. The quantitative estimate of drug-likeness (QED) is 0.123. The second-order valence-electron chi connectivity index (χ2n) is 16.4. The highest BCUT2D eigenvalue weighted by atomic mass is 19.3. The lowest BCUT2D eigenvalue weighted by molar-refractivity contribution is -0.139. The van der Waals surface area contributed by atoms with Crippen molar-refractivity contribution in [1.82, 2.24) is 30.4 Å². The average molecular weight is 840 g/mol. The maximum atomic E-state index is 16.3. The van der Waals surface area contributed by atoms with Crippen LogP contribution < -0.4 is 16.0 Å². The summed E-state index contributed by atoms with van der Waals surface area (Å²) in [7, 11) is 2.46. The highest BCUT2D eigenvalue weighted by molar-refractivity contribution is 5.99. The number of rotatable bonds is 11. The number of likely N-dealkylation sites (tertiary alicyclic amines) is 2. The molecule has 3 heterocycles. The molecule has 1 aliphatic carbocycles. The summed E-state index contributed by atoms with van der Waals surface area (Å²) in [4.78, 5) is 75.6. The first-order valence-corrected chi connectivity index (χ1v) is 20.6. The average Bonchev–Trinajstić information content (AvgIpc) is 4.08. The van der Waals surface area contributed by atoms with Crippen molar-refractivity contribution in [3.8, 4) is 33.5 Å². The number of nitrogens with one attached hydrogen (secondary N) is 4. The summed E-state index contributed by atoms with van der Waals surface area (Å²) in [6, 6.07) is 14.1. The molecule has 0 spiro atoms. The number of methoxy groups -OCH3 is 2. The largest absolute Gasteiger partial charge is 0.453 e. The van der Waals surface area contributed by atoms with Crippen LogP contribution in [0, 0.1) is 11.8 Å². The van der Waals surface area contributed by atoms with Gasteiger partial charge in [-0.2, -0.15) is 8.78 Å². The molecule has 4 N–H and O–H groups in total. The molecule has 0 unspecified atom stereocenters. The van der Waals surface area contributed by atoms with E-state index >= 15 is 8.78 Å². The van der Waals surface area contributed by atoms with Crippen molar-refractivity contribution in [2.75, 3.05) is 32.6 Å². The molecule has 14 nitrogen and oxygen atoms in total. The molecule has 61 heavy (non-hydrogen) atoms. The Balaban J connectivity index is 1.04. The zero-order chi connectivity index (χ0) is 43.7. The second-order valence-corrected chi connectivity index (χ2v) is 16.4.